The maximum Gasteiger partial charge on any atom is 0.269 e. The number of carbonyl (C=O) groups is 1. The van der Waals surface area contributed by atoms with Gasteiger partial charge in [-0.1, -0.05) is 12.1 Å². The van der Waals surface area contributed by atoms with E-state index in [4.69, 9.17) is 5.84 Å². The lowest BCUT2D eigenvalue weighted by atomic mass is 10.2. The largest absolute Gasteiger partial charge is 0.348 e. The molecule has 21 heavy (non-hydrogen) atoms. The highest BCUT2D eigenvalue weighted by atomic mass is 16.6. The number of nitrogens with two attached hydrogens (primary N) is 1. The van der Waals surface area contributed by atoms with Gasteiger partial charge in [-0.3, -0.25) is 14.9 Å². The molecule has 0 bridgehead atoms. The summed E-state index contributed by atoms with van der Waals surface area (Å²) in [4.78, 5) is 26.0. The van der Waals surface area contributed by atoms with E-state index in [0.717, 1.165) is 5.56 Å². The SMILES string of the molecule is NNc1ncccc1C(=O)NCc1ccc([N+](=O)[O-])cc1. The van der Waals surface area contributed by atoms with Crippen LogP contribution in [0.1, 0.15) is 15.9 Å². The number of aromatic nitrogens is 1. The quantitative estimate of drug-likeness (QED) is 0.431. The van der Waals surface area contributed by atoms with Crippen molar-refractivity contribution in [2.45, 2.75) is 6.54 Å². The zero-order valence-electron chi connectivity index (χ0n) is 10.9. The molecule has 0 unspecified atom stereocenters. The molecular weight excluding hydrogens is 274 g/mol. The van der Waals surface area contributed by atoms with Crippen LogP contribution in [0.25, 0.3) is 0 Å². The molecule has 0 saturated heterocycles. The number of nitrogens with zero attached hydrogens (tertiary/aromatic N) is 2. The van der Waals surface area contributed by atoms with Crippen LogP contribution in [0.5, 0.6) is 0 Å². The van der Waals surface area contributed by atoms with Crippen molar-refractivity contribution in [2.75, 3.05) is 5.43 Å². The second-order valence-corrected chi connectivity index (χ2v) is 4.15. The number of hydrogen-bond acceptors (Lipinski definition) is 6. The summed E-state index contributed by atoms with van der Waals surface area (Å²) in [5.74, 6) is 5.22. The summed E-state index contributed by atoms with van der Waals surface area (Å²) in [5.41, 5.74) is 3.43. The topological polar surface area (TPSA) is 123 Å². The number of carbonyl (C=O) groups excluding carboxylic acids is 1. The predicted octanol–water partition coefficient (Wildman–Crippen LogP) is 1.21. The Bertz CT molecular complexity index is 657. The van der Waals surface area contributed by atoms with Gasteiger partial charge < -0.3 is 10.7 Å². The number of non-ortho nitro benzene ring substituents is 1. The Morgan fingerprint density at radius 3 is 2.62 bits per heavy atom. The number of nitro benzene ring substituents is 1. The van der Waals surface area contributed by atoms with Crippen LogP contribution in [-0.2, 0) is 6.54 Å². The molecule has 0 aliphatic carbocycles. The van der Waals surface area contributed by atoms with Crippen molar-refractivity contribution in [1.29, 1.82) is 0 Å². The molecule has 2 aromatic rings. The van der Waals surface area contributed by atoms with Gasteiger partial charge in [0.15, 0.2) is 5.82 Å². The van der Waals surface area contributed by atoms with Crippen LogP contribution >= 0.6 is 0 Å². The van der Waals surface area contributed by atoms with E-state index in [1.54, 1.807) is 24.3 Å². The highest BCUT2D eigenvalue weighted by Gasteiger charge is 2.11. The number of rotatable bonds is 5. The minimum Gasteiger partial charge on any atom is -0.348 e. The molecule has 8 heteroatoms. The van der Waals surface area contributed by atoms with E-state index < -0.39 is 4.92 Å². The van der Waals surface area contributed by atoms with E-state index in [1.165, 1.54) is 18.3 Å². The number of pyridine rings is 1. The van der Waals surface area contributed by atoms with Crippen LogP contribution in [0.2, 0.25) is 0 Å². The van der Waals surface area contributed by atoms with Gasteiger partial charge in [0.1, 0.15) is 0 Å². The summed E-state index contributed by atoms with van der Waals surface area (Å²) in [5, 5.41) is 13.2. The van der Waals surface area contributed by atoms with Gasteiger partial charge in [0.2, 0.25) is 0 Å². The first-order valence-corrected chi connectivity index (χ1v) is 6.05. The van der Waals surface area contributed by atoms with Gasteiger partial charge in [-0.05, 0) is 17.7 Å². The van der Waals surface area contributed by atoms with E-state index >= 15 is 0 Å². The summed E-state index contributed by atoms with van der Waals surface area (Å²) in [6.45, 7) is 0.246. The number of benzene rings is 1. The molecule has 1 aromatic heterocycles. The van der Waals surface area contributed by atoms with Crippen LogP contribution in [0.15, 0.2) is 42.6 Å². The second-order valence-electron chi connectivity index (χ2n) is 4.15. The van der Waals surface area contributed by atoms with Gasteiger partial charge >= 0.3 is 0 Å². The Morgan fingerprint density at radius 1 is 1.29 bits per heavy atom. The Morgan fingerprint density at radius 2 is 2.00 bits per heavy atom. The fraction of sp³-hybridized carbons (Fsp3) is 0.0769. The van der Waals surface area contributed by atoms with Crippen molar-refractivity contribution >= 4 is 17.4 Å². The molecule has 0 fully saturated rings. The Hall–Kier alpha value is -3.00. The first-order valence-electron chi connectivity index (χ1n) is 6.05. The second kappa shape index (κ2) is 6.44. The van der Waals surface area contributed by atoms with Crippen molar-refractivity contribution in [1.82, 2.24) is 10.3 Å². The Labute approximate surface area is 120 Å². The molecule has 1 aromatic carbocycles. The minimum atomic E-state index is -0.475. The number of nitrogens with one attached hydrogen (secondary N) is 2. The van der Waals surface area contributed by atoms with Crippen molar-refractivity contribution < 1.29 is 9.72 Å². The normalized spacial score (nSPS) is 9.95. The third kappa shape index (κ3) is 3.51. The first-order chi connectivity index (χ1) is 10.1. The monoisotopic (exact) mass is 287 g/mol. The Kier molecular flexibility index (Phi) is 4.42. The lowest BCUT2D eigenvalue weighted by Gasteiger charge is -2.08. The van der Waals surface area contributed by atoms with Crippen LogP contribution < -0.4 is 16.6 Å². The summed E-state index contributed by atoms with van der Waals surface area (Å²) in [7, 11) is 0. The highest BCUT2D eigenvalue weighted by molar-refractivity contribution is 5.98. The van der Waals surface area contributed by atoms with Gasteiger partial charge in [-0.2, -0.15) is 0 Å². The van der Waals surface area contributed by atoms with Crippen molar-refractivity contribution in [3.8, 4) is 0 Å². The third-order valence-electron chi connectivity index (χ3n) is 2.79. The summed E-state index contributed by atoms with van der Waals surface area (Å²) >= 11 is 0. The van der Waals surface area contributed by atoms with Crippen LogP contribution in [-0.4, -0.2) is 15.8 Å². The number of anilines is 1. The van der Waals surface area contributed by atoms with Crippen molar-refractivity contribution in [3.05, 3.63) is 63.8 Å². The first kappa shape index (κ1) is 14.4. The third-order valence-corrected chi connectivity index (χ3v) is 2.79. The molecule has 1 heterocycles. The highest BCUT2D eigenvalue weighted by Crippen LogP contribution is 2.13. The van der Waals surface area contributed by atoms with Gasteiger partial charge in [0, 0.05) is 24.9 Å². The average molecular weight is 287 g/mol. The number of nitro groups is 1. The summed E-state index contributed by atoms with van der Waals surface area (Å²) < 4.78 is 0. The van der Waals surface area contributed by atoms with Crippen LogP contribution in [0.3, 0.4) is 0 Å². The molecule has 0 aliphatic heterocycles. The standard InChI is InChI=1S/C13H13N5O3/c14-17-12-11(2-1-7-15-12)13(19)16-8-9-3-5-10(6-4-9)18(20)21/h1-7H,8,14H2,(H,15,17)(H,16,19). The molecule has 108 valence electrons. The fourth-order valence-electron chi connectivity index (χ4n) is 1.72. The fourth-order valence-corrected chi connectivity index (χ4v) is 1.72. The van der Waals surface area contributed by atoms with Gasteiger partial charge in [0.05, 0.1) is 10.5 Å². The lowest BCUT2D eigenvalue weighted by Crippen LogP contribution is -2.25. The molecule has 0 atom stereocenters. The van der Waals surface area contributed by atoms with Gasteiger partial charge in [-0.25, -0.2) is 10.8 Å². The number of hydrogen-bond donors (Lipinski definition) is 3. The molecule has 0 spiro atoms. The summed E-state index contributed by atoms with van der Waals surface area (Å²) in [6, 6.07) is 9.17. The average Bonchev–Trinajstić information content (AvgIpc) is 2.52. The minimum absolute atomic E-state index is 0.00644. The lowest BCUT2D eigenvalue weighted by molar-refractivity contribution is -0.384. The van der Waals surface area contributed by atoms with Gasteiger partial charge in [0.25, 0.3) is 11.6 Å². The number of nitrogen functional groups attached to an aromatic ring is 1. The number of hydrazine groups is 1. The van der Waals surface area contributed by atoms with E-state index in [-0.39, 0.29) is 24.0 Å². The van der Waals surface area contributed by atoms with E-state index in [0.29, 0.717) is 5.56 Å². The van der Waals surface area contributed by atoms with Crippen LogP contribution in [0.4, 0.5) is 11.5 Å². The molecule has 0 saturated carbocycles. The molecule has 1 amide bonds. The van der Waals surface area contributed by atoms with Crippen LogP contribution in [0, 0.1) is 10.1 Å². The maximum atomic E-state index is 12.0. The number of amides is 1. The van der Waals surface area contributed by atoms with Gasteiger partial charge in [-0.15, -0.1) is 0 Å². The molecule has 2 rings (SSSR count). The maximum absolute atomic E-state index is 12.0. The predicted molar refractivity (Wildman–Crippen MR) is 76.3 cm³/mol. The van der Waals surface area contributed by atoms with Crippen molar-refractivity contribution in [2.24, 2.45) is 5.84 Å². The molecule has 0 radical (unpaired) electrons. The van der Waals surface area contributed by atoms with E-state index in [2.05, 4.69) is 15.7 Å². The smallest absolute Gasteiger partial charge is 0.269 e. The molecule has 4 N–H and O–H groups in total. The zero-order chi connectivity index (χ0) is 15.2. The summed E-state index contributed by atoms with van der Waals surface area (Å²) in [6.07, 6.45) is 1.52. The molecule has 0 aliphatic rings. The van der Waals surface area contributed by atoms with E-state index in [9.17, 15) is 14.9 Å². The van der Waals surface area contributed by atoms with E-state index in [1.807, 2.05) is 0 Å². The van der Waals surface area contributed by atoms with Crippen molar-refractivity contribution in [3.63, 3.8) is 0 Å². The zero-order valence-corrected chi connectivity index (χ0v) is 10.9. The molecule has 8 nitrogen and oxygen atoms in total. The molecular formula is C13H13N5O3. The Balaban J connectivity index is 2.02.